The summed E-state index contributed by atoms with van der Waals surface area (Å²) < 4.78 is 33.0. The highest BCUT2D eigenvalue weighted by Gasteiger charge is 2.35. The van der Waals surface area contributed by atoms with Crippen molar-refractivity contribution in [3.05, 3.63) is 47.3 Å². The van der Waals surface area contributed by atoms with Crippen molar-refractivity contribution in [2.45, 2.75) is 36.7 Å². The number of ether oxygens (including phenoxy) is 1. The third-order valence-electron chi connectivity index (χ3n) is 5.50. The molecule has 1 saturated heterocycles. The number of nitrogens with one attached hydrogen (secondary N) is 1. The molecule has 150 valence electrons. The fraction of sp³-hybridized carbons (Fsp3) is 0.474. The standard InChI is InChI=1S/C19H24N4O4S/c1-27-13-16-3-2-9-23(16)28(25,26)17-5-4-15-12-22(10-7-14(15)11-17)19(24)18-6-8-20-21-18/h4-6,8,11,16H,2-3,7,9-10,12-13H2,1H3,(H,20,21). The van der Waals surface area contributed by atoms with Gasteiger partial charge < -0.3 is 9.64 Å². The highest BCUT2D eigenvalue weighted by Crippen LogP contribution is 2.29. The molecule has 1 aromatic carbocycles. The lowest BCUT2D eigenvalue weighted by Gasteiger charge is -2.29. The Balaban J connectivity index is 1.55. The average Bonchev–Trinajstić information content (AvgIpc) is 3.39. The van der Waals surface area contributed by atoms with Gasteiger partial charge in [0, 0.05) is 39.0 Å². The highest BCUT2D eigenvalue weighted by molar-refractivity contribution is 7.89. The van der Waals surface area contributed by atoms with Gasteiger partial charge >= 0.3 is 0 Å². The summed E-state index contributed by atoms with van der Waals surface area (Å²) >= 11 is 0. The molecule has 4 rings (SSSR count). The van der Waals surface area contributed by atoms with E-state index < -0.39 is 10.0 Å². The summed E-state index contributed by atoms with van der Waals surface area (Å²) in [5.74, 6) is -0.0978. The lowest BCUT2D eigenvalue weighted by Crippen LogP contribution is -2.38. The summed E-state index contributed by atoms with van der Waals surface area (Å²) in [6.45, 7) is 1.95. The molecule has 28 heavy (non-hydrogen) atoms. The first kappa shape index (κ1) is 19.1. The number of methoxy groups -OCH3 is 1. The SMILES string of the molecule is COCC1CCCN1S(=O)(=O)c1ccc2c(c1)CCN(C(=O)c1ccn[nH]1)C2. The van der Waals surface area contributed by atoms with Gasteiger partial charge in [0.2, 0.25) is 10.0 Å². The lowest BCUT2D eigenvalue weighted by atomic mass is 9.99. The quantitative estimate of drug-likeness (QED) is 0.813. The molecular formula is C19H24N4O4S. The van der Waals surface area contributed by atoms with Gasteiger partial charge in [-0.25, -0.2) is 8.42 Å². The zero-order chi connectivity index (χ0) is 19.7. The molecule has 0 spiro atoms. The van der Waals surface area contributed by atoms with E-state index in [0.29, 0.717) is 43.3 Å². The molecular weight excluding hydrogens is 380 g/mol. The second-order valence-electron chi connectivity index (χ2n) is 7.24. The number of sulfonamides is 1. The van der Waals surface area contributed by atoms with E-state index in [1.165, 1.54) is 0 Å². The Hall–Kier alpha value is -2.23. The Morgan fingerprint density at radius 3 is 2.89 bits per heavy atom. The molecule has 2 aromatic rings. The number of aromatic amines is 1. The van der Waals surface area contributed by atoms with Crippen LogP contribution in [0.3, 0.4) is 0 Å². The number of rotatable bonds is 5. The van der Waals surface area contributed by atoms with Crippen LogP contribution >= 0.6 is 0 Å². The van der Waals surface area contributed by atoms with Crippen molar-refractivity contribution in [3.8, 4) is 0 Å². The van der Waals surface area contributed by atoms with E-state index in [-0.39, 0.29) is 11.9 Å². The number of carbonyl (C=O) groups excluding carboxylic acids is 1. The number of nitrogens with zero attached hydrogens (tertiary/aromatic N) is 3. The van der Waals surface area contributed by atoms with E-state index >= 15 is 0 Å². The van der Waals surface area contributed by atoms with Crippen molar-refractivity contribution in [2.24, 2.45) is 0 Å². The molecule has 1 unspecified atom stereocenters. The fourth-order valence-corrected chi connectivity index (χ4v) is 5.76. The maximum Gasteiger partial charge on any atom is 0.272 e. The second kappa shape index (κ2) is 7.65. The molecule has 0 saturated carbocycles. The van der Waals surface area contributed by atoms with E-state index in [4.69, 9.17) is 4.74 Å². The summed E-state index contributed by atoms with van der Waals surface area (Å²) in [5.41, 5.74) is 2.42. The Morgan fingerprint density at radius 2 is 2.14 bits per heavy atom. The minimum atomic E-state index is -3.55. The Kier molecular flexibility index (Phi) is 5.22. The van der Waals surface area contributed by atoms with Crippen LogP contribution < -0.4 is 0 Å². The third-order valence-corrected chi connectivity index (χ3v) is 7.44. The van der Waals surface area contributed by atoms with Crippen LogP contribution in [0, 0.1) is 0 Å². The van der Waals surface area contributed by atoms with E-state index in [2.05, 4.69) is 10.2 Å². The van der Waals surface area contributed by atoms with Crippen LogP contribution in [-0.4, -0.2) is 66.6 Å². The molecule has 1 fully saturated rings. The maximum absolute atomic E-state index is 13.1. The number of amides is 1. The van der Waals surface area contributed by atoms with Gasteiger partial charge in [-0.05, 0) is 48.6 Å². The summed E-state index contributed by atoms with van der Waals surface area (Å²) in [7, 11) is -1.95. The van der Waals surface area contributed by atoms with Gasteiger partial charge in [-0.3, -0.25) is 9.89 Å². The lowest BCUT2D eigenvalue weighted by molar-refractivity contribution is 0.0728. The summed E-state index contributed by atoms with van der Waals surface area (Å²) in [5, 5.41) is 6.52. The Morgan fingerprint density at radius 1 is 1.29 bits per heavy atom. The van der Waals surface area contributed by atoms with Gasteiger partial charge in [0.25, 0.3) is 5.91 Å². The van der Waals surface area contributed by atoms with Crippen LogP contribution in [0.4, 0.5) is 0 Å². The van der Waals surface area contributed by atoms with Crippen molar-refractivity contribution in [1.82, 2.24) is 19.4 Å². The molecule has 8 nitrogen and oxygen atoms in total. The van der Waals surface area contributed by atoms with Gasteiger partial charge in [-0.1, -0.05) is 6.07 Å². The number of hydrogen-bond donors (Lipinski definition) is 1. The van der Waals surface area contributed by atoms with Crippen molar-refractivity contribution < 1.29 is 17.9 Å². The van der Waals surface area contributed by atoms with Crippen molar-refractivity contribution in [3.63, 3.8) is 0 Å². The minimum absolute atomic E-state index is 0.0978. The number of H-pyrrole nitrogens is 1. The monoisotopic (exact) mass is 404 g/mol. The molecule has 1 atom stereocenters. The maximum atomic E-state index is 13.1. The van der Waals surface area contributed by atoms with Crippen molar-refractivity contribution in [2.75, 3.05) is 26.8 Å². The Bertz CT molecular complexity index is 958. The number of aromatic nitrogens is 2. The third kappa shape index (κ3) is 3.45. The second-order valence-corrected chi connectivity index (χ2v) is 9.14. The predicted octanol–water partition coefficient (Wildman–Crippen LogP) is 1.41. The van der Waals surface area contributed by atoms with E-state index in [1.807, 2.05) is 6.07 Å². The number of carbonyl (C=O) groups is 1. The molecule has 2 aliphatic rings. The number of fused-ring (bicyclic) bond motifs is 1. The molecule has 1 N–H and O–H groups in total. The van der Waals surface area contributed by atoms with Gasteiger partial charge in [-0.2, -0.15) is 9.40 Å². The van der Waals surface area contributed by atoms with Crippen molar-refractivity contribution >= 4 is 15.9 Å². The first-order valence-corrected chi connectivity index (χ1v) is 10.9. The van der Waals surface area contributed by atoms with Gasteiger partial charge in [0.15, 0.2) is 0 Å². The summed E-state index contributed by atoms with van der Waals surface area (Å²) in [6.07, 6.45) is 3.85. The van der Waals surface area contributed by atoms with E-state index in [0.717, 1.165) is 24.0 Å². The minimum Gasteiger partial charge on any atom is -0.383 e. The first-order valence-electron chi connectivity index (χ1n) is 9.42. The smallest absolute Gasteiger partial charge is 0.272 e. The number of benzene rings is 1. The molecule has 1 amide bonds. The van der Waals surface area contributed by atoms with Gasteiger partial charge in [0.05, 0.1) is 11.5 Å². The van der Waals surface area contributed by atoms with Crippen molar-refractivity contribution in [1.29, 1.82) is 0 Å². The number of hydrogen-bond acceptors (Lipinski definition) is 5. The normalized spacial score (nSPS) is 20.3. The van der Waals surface area contributed by atoms with Crippen LogP contribution in [0.15, 0.2) is 35.4 Å². The summed E-state index contributed by atoms with van der Waals surface area (Å²) in [6, 6.07) is 6.80. The predicted molar refractivity (Wildman–Crippen MR) is 102 cm³/mol. The largest absolute Gasteiger partial charge is 0.383 e. The topological polar surface area (TPSA) is 95.6 Å². The average molecular weight is 404 g/mol. The fourth-order valence-electron chi connectivity index (χ4n) is 4.03. The van der Waals surface area contributed by atoms with Crippen LogP contribution in [0.5, 0.6) is 0 Å². The van der Waals surface area contributed by atoms with Crippen LogP contribution in [0.1, 0.15) is 34.5 Å². The Labute approximate surface area is 164 Å². The van der Waals surface area contributed by atoms with E-state index in [1.54, 1.807) is 40.7 Å². The molecule has 0 bridgehead atoms. The molecule has 0 aliphatic carbocycles. The van der Waals surface area contributed by atoms with Crippen LogP contribution in [0.25, 0.3) is 0 Å². The zero-order valence-corrected chi connectivity index (χ0v) is 16.6. The van der Waals surface area contributed by atoms with Crippen LogP contribution in [-0.2, 0) is 27.7 Å². The van der Waals surface area contributed by atoms with Gasteiger partial charge in [-0.15, -0.1) is 0 Å². The molecule has 9 heteroatoms. The van der Waals surface area contributed by atoms with Crippen LogP contribution in [0.2, 0.25) is 0 Å². The summed E-state index contributed by atoms with van der Waals surface area (Å²) in [4.78, 5) is 14.6. The molecule has 0 radical (unpaired) electrons. The zero-order valence-electron chi connectivity index (χ0n) is 15.8. The molecule has 2 aliphatic heterocycles. The van der Waals surface area contributed by atoms with Gasteiger partial charge in [0.1, 0.15) is 5.69 Å². The highest BCUT2D eigenvalue weighted by atomic mass is 32.2. The molecule has 1 aromatic heterocycles. The first-order chi connectivity index (χ1) is 13.5. The molecule has 3 heterocycles. The van der Waals surface area contributed by atoms with E-state index in [9.17, 15) is 13.2 Å².